The lowest BCUT2D eigenvalue weighted by molar-refractivity contribution is 0.128. The van der Waals surface area contributed by atoms with E-state index in [0.29, 0.717) is 0 Å². The second-order valence-corrected chi connectivity index (χ2v) is 8.09. The largest absolute Gasteiger partial charge is 0.464 e. The van der Waals surface area contributed by atoms with Gasteiger partial charge in [0.25, 0.3) is 0 Å². The summed E-state index contributed by atoms with van der Waals surface area (Å²) in [6, 6.07) is 0. The van der Waals surface area contributed by atoms with Crippen molar-refractivity contribution in [3.63, 3.8) is 0 Å². The molecule has 0 saturated carbocycles. The quantitative estimate of drug-likeness (QED) is 0.236. The summed E-state index contributed by atoms with van der Waals surface area (Å²) in [5, 5.41) is 0. The third-order valence-corrected chi connectivity index (χ3v) is 5.19. The van der Waals surface area contributed by atoms with Gasteiger partial charge in [-0.25, -0.2) is 0 Å². The third kappa shape index (κ3) is 15.2. The lowest BCUT2D eigenvalue weighted by atomic mass is 10.2. The molecule has 0 unspecified atom stereocenters. The van der Waals surface area contributed by atoms with Gasteiger partial charge in [-0.3, -0.25) is 0 Å². The van der Waals surface area contributed by atoms with Crippen LogP contribution < -0.4 is 0 Å². The number of hydrogen-bond acceptors (Lipinski definition) is 1. The molecule has 0 aromatic carbocycles. The molecule has 0 spiro atoms. The van der Waals surface area contributed by atoms with E-state index in [2.05, 4.69) is 37.9 Å². The van der Waals surface area contributed by atoms with E-state index in [-0.39, 0.29) is 16.5 Å². The maximum atomic E-state index is 5.54. The maximum Gasteiger partial charge on any atom is 0.464 e. The molecule has 0 heterocycles. The van der Waals surface area contributed by atoms with Gasteiger partial charge in [0.1, 0.15) is 0 Å². The average molecular weight is 335 g/mol. The average Bonchev–Trinajstić information content (AvgIpc) is 2.26. The van der Waals surface area contributed by atoms with Crippen LogP contribution in [-0.2, 0) is 4.74 Å². The summed E-state index contributed by atoms with van der Waals surface area (Å²) >= 11 is 2.81. The van der Waals surface area contributed by atoms with Crippen molar-refractivity contribution in [2.24, 2.45) is 0 Å². The van der Waals surface area contributed by atoms with E-state index in [1.54, 1.807) is 0 Å². The molecule has 0 amide bonds. The Morgan fingerprint density at radius 1 is 1.07 bits per heavy atom. The fourth-order valence-corrected chi connectivity index (χ4v) is 3.00. The number of allylic oxidation sites excluding steroid dienone is 2. The van der Waals surface area contributed by atoms with Crippen LogP contribution >= 0.6 is 18.9 Å². The molecule has 0 aromatic heterocycles. The fraction of sp³-hybridized carbons (Fsp3) is 0.833. The van der Waals surface area contributed by atoms with Gasteiger partial charge >= 0.3 is 16.5 Å². The third-order valence-electron chi connectivity index (χ3n) is 2.22. The van der Waals surface area contributed by atoms with Gasteiger partial charge in [0, 0.05) is 13.2 Å². The van der Waals surface area contributed by atoms with E-state index in [9.17, 15) is 0 Å². The molecule has 0 fully saturated rings. The molecule has 0 saturated heterocycles. The summed E-state index contributed by atoms with van der Waals surface area (Å²) in [4.78, 5) is 0. The molecule has 0 N–H and O–H groups in total. The molecule has 0 radical (unpaired) electrons. The Hall–Kier alpha value is 1.20. The first-order valence-corrected chi connectivity index (χ1v) is 12.3. The van der Waals surface area contributed by atoms with Crippen molar-refractivity contribution in [1.29, 1.82) is 0 Å². The SMILES string of the molecule is CCCCCOCCC/C=C/C[CH2][Mg][I]. The van der Waals surface area contributed by atoms with Crippen LogP contribution in [0.25, 0.3) is 0 Å². The first-order chi connectivity index (χ1) is 7.41. The molecule has 15 heavy (non-hydrogen) atoms. The number of halogens is 1. The Labute approximate surface area is 115 Å². The predicted octanol–water partition coefficient (Wildman–Crippen LogP) is 4.39. The second-order valence-electron chi connectivity index (χ2n) is 3.76. The van der Waals surface area contributed by atoms with Crippen molar-refractivity contribution < 1.29 is 4.74 Å². The summed E-state index contributed by atoms with van der Waals surface area (Å²) in [6.45, 7) is 4.12. The molecule has 1 nitrogen and oxygen atoms in total. The zero-order valence-electron chi connectivity index (χ0n) is 10.0. The highest BCUT2D eigenvalue weighted by Gasteiger charge is 1.88. The van der Waals surface area contributed by atoms with Crippen molar-refractivity contribution in [2.75, 3.05) is 13.2 Å². The van der Waals surface area contributed by atoms with Crippen LogP contribution in [0.2, 0.25) is 4.55 Å². The number of ether oxygens (including phenoxy) is 1. The zero-order chi connectivity index (χ0) is 11.2. The van der Waals surface area contributed by atoms with E-state index in [1.807, 2.05) is 0 Å². The topological polar surface area (TPSA) is 9.23 Å². The zero-order valence-corrected chi connectivity index (χ0v) is 13.6. The van der Waals surface area contributed by atoms with Crippen LogP contribution in [0.1, 0.15) is 45.4 Å². The lowest BCUT2D eigenvalue weighted by Crippen LogP contribution is -1.96. The smallest absolute Gasteiger partial charge is 0.381 e. The monoisotopic (exact) mass is 334 g/mol. The summed E-state index contributed by atoms with van der Waals surface area (Å²) in [6.07, 6.45) is 12.1. The molecular formula is C12H23IMgO. The van der Waals surface area contributed by atoms with E-state index >= 15 is 0 Å². The van der Waals surface area contributed by atoms with Gasteiger partial charge in [-0.05, 0) is 19.3 Å². The number of unbranched alkanes of at least 4 members (excludes halogenated alkanes) is 3. The van der Waals surface area contributed by atoms with Gasteiger partial charge in [-0.15, -0.1) is 4.55 Å². The van der Waals surface area contributed by atoms with Crippen molar-refractivity contribution in [2.45, 2.75) is 50.0 Å². The fourth-order valence-electron chi connectivity index (χ4n) is 1.29. The van der Waals surface area contributed by atoms with Crippen molar-refractivity contribution in [3.8, 4) is 0 Å². The standard InChI is InChI=1S/C12H23O.HI.Mg/c1-3-5-7-8-10-12-13-11-9-6-4-2;;/h5,7H,1,3-4,6,8-12H2,2H3;1H;/q;;+1/p-1/b7-5+;;. The predicted molar refractivity (Wildman–Crippen MR) is 77.9 cm³/mol. The Morgan fingerprint density at radius 3 is 2.53 bits per heavy atom. The van der Waals surface area contributed by atoms with Gasteiger partial charge < -0.3 is 23.6 Å². The molecule has 0 atom stereocenters. The molecule has 3 heteroatoms. The Morgan fingerprint density at radius 2 is 1.80 bits per heavy atom. The Balaban J connectivity index is 2.95. The van der Waals surface area contributed by atoms with Gasteiger partial charge in [0.05, 0.1) is 0 Å². The molecule has 0 bridgehead atoms. The molecule has 0 aromatic rings. The molecule has 0 aliphatic carbocycles. The number of hydrogen-bond donors (Lipinski definition) is 0. The highest BCUT2D eigenvalue weighted by Crippen LogP contribution is 1.99. The maximum absolute atomic E-state index is 5.54. The van der Waals surface area contributed by atoms with Gasteiger partial charge in [0.2, 0.25) is 0 Å². The van der Waals surface area contributed by atoms with Gasteiger partial charge in [-0.1, -0.05) is 38.3 Å². The number of rotatable bonds is 11. The van der Waals surface area contributed by atoms with Gasteiger partial charge in [0.15, 0.2) is 0 Å². The first-order valence-electron chi connectivity index (χ1n) is 6.20. The van der Waals surface area contributed by atoms with Crippen LogP contribution in [0.3, 0.4) is 0 Å². The Bertz CT molecular complexity index is 140. The van der Waals surface area contributed by atoms with E-state index in [0.717, 1.165) is 13.2 Å². The van der Waals surface area contributed by atoms with Crippen molar-refractivity contribution >= 4 is 35.3 Å². The molecular weight excluding hydrogens is 311 g/mol. The van der Waals surface area contributed by atoms with Crippen LogP contribution in [-0.4, -0.2) is 29.7 Å². The minimum atomic E-state index is 0.252. The highest BCUT2D eigenvalue weighted by atomic mass is 127. The summed E-state index contributed by atoms with van der Waals surface area (Å²) in [7, 11) is 0. The molecule has 0 aliphatic heterocycles. The van der Waals surface area contributed by atoms with E-state index < -0.39 is 0 Å². The molecule has 0 rings (SSSR count). The van der Waals surface area contributed by atoms with Crippen LogP contribution in [0.15, 0.2) is 12.2 Å². The summed E-state index contributed by atoms with van der Waals surface area (Å²) in [5.74, 6) is 0. The van der Waals surface area contributed by atoms with Gasteiger partial charge in [-0.2, -0.15) is 0 Å². The normalized spacial score (nSPS) is 10.8. The minimum Gasteiger partial charge on any atom is -0.381 e. The summed E-state index contributed by atoms with van der Waals surface area (Å²) in [5.41, 5.74) is 0. The second kappa shape index (κ2) is 15.2. The van der Waals surface area contributed by atoms with Crippen LogP contribution in [0.4, 0.5) is 0 Å². The van der Waals surface area contributed by atoms with E-state index in [1.165, 1.54) is 43.1 Å². The molecule has 86 valence electrons. The Kier molecular flexibility index (Phi) is 16.4. The van der Waals surface area contributed by atoms with Crippen molar-refractivity contribution in [3.05, 3.63) is 12.2 Å². The summed E-state index contributed by atoms with van der Waals surface area (Å²) < 4.78 is 6.98. The minimum absolute atomic E-state index is 0.252. The van der Waals surface area contributed by atoms with Crippen LogP contribution in [0, 0.1) is 0 Å². The highest BCUT2D eigenvalue weighted by molar-refractivity contribution is 14.1. The van der Waals surface area contributed by atoms with Crippen molar-refractivity contribution in [1.82, 2.24) is 0 Å². The lowest BCUT2D eigenvalue weighted by Gasteiger charge is -2.01. The molecule has 0 aliphatic rings. The van der Waals surface area contributed by atoms with E-state index in [4.69, 9.17) is 4.74 Å². The van der Waals surface area contributed by atoms with Crippen LogP contribution in [0.5, 0.6) is 0 Å². The first kappa shape index (κ1) is 16.2.